The summed E-state index contributed by atoms with van der Waals surface area (Å²) in [6.07, 6.45) is 1.63. The van der Waals surface area contributed by atoms with Gasteiger partial charge in [0.2, 0.25) is 0 Å². The molecule has 0 radical (unpaired) electrons. The van der Waals surface area contributed by atoms with Gasteiger partial charge in [-0.3, -0.25) is 4.98 Å². The predicted molar refractivity (Wildman–Crippen MR) is 73.3 cm³/mol. The number of pyridine rings is 1. The zero-order valence-electron chi connectivity index (χ0n) is 10.3. The molecule has 0 aliphatic rings. The van der Waals surface area contributed by atoms with Crippen molar-refractivity contribution in [1.82, 2.24) is 14.4 Å². The van der Waals surface area contributed by atoms with Crippen molar-refractivity contribution in [2.24, 2.45) is 0 Å². The first-order valence-electron chi connectivity index (χ1n) is 5.84. The molecule has 0 bridgehead atoms. The normalized spacial score (nSPS) is 11.4. The molecule has 1 aromatic heterocycles. The number of benzene rings is 1. The molecule has 1 heterocycles. The highest BCUT2D eigenvalue weighted by molar-refractivity contribution is 7.87. The predicted octanol–water partition coefficient (Wildman–Crippen LogP) is 1.21. The Morgan fingerprint density at radius 2 is 1.58 bits per heavy atom. The number of aromatic nitrogens is 1. The average molecular weight is 277 g/mol. The summed E-state index contributed by atoms with van der Waals surface area (Å²) in [6.45, 7) is 0.434. The monoisotopic (exact) mass is 277 g/mol. The van der Waals surface area contributed by atoms with E-state index in [0.717, 1.165) is 5.56 Å². The van der Waals surface area contributed by atoms with Gasteiger partial charge < -0.3 is 0 Å². The molecule has 2 aromatic rings. The molecule has 2 rings (SSSR count). The topological polar surface area (TPSA) is 71.1 Å². The van der Waals surface area contributed by atoms with E-state index in [2.05, 4.69) is 14.4 Å². The molecule has 1 aromatic carbocycles. The third kappa shape index (κ3) is 4.78. The average Bonchev–Trinajstić information content (AvgIpc) is 2.46. The highest BCUT2D eigenvalue weighted by atomic mass is 32.2. The van der Waals surface area contributed by atoms with Crippen LogP contribution in [0.1, 0.15) is 11.3 Å². The Morgan fingerprint density at radius 1 is 0.895 bits per heavy atom. The minimum absolute atomic E-state index is 0.172. The SMILES string of the molecule is O=S(=O)(NCc1ccccc1)NCc1ccccn1. The molecule has 0 saturated carbocycles. The van der Waals surface area contributed by atoms with E-state index < -0.39 is 10.2 Å². The Kier molecular flexibility index (Phi) is 4.62. The smallest absolute Gasteiger partial charge is 0.260 e. The van der Waals surface area contributed by atoms with Crippen molar-refractivity contribution in [2.75, 3.05) is 0 Å². The molecular formula is C13H15N3O2S. The lowest BCUT2D eigenvalue weighted by molar-refractivity contribution is 0.565. The molecule has 0 atom stereocenters. The van der Waals surface area contributed by atoms with E-state index in [4.69, 9.17) is 0 Å². The molecule has 0 spiro atoms. The van der Waals surface area contributed by atoms with Crippen molar-refractivity contribution in [3.63, 3.8) is 0 Å². The largest absolute Gasteiger partial charge is 0.277 e. The maximum atomic E-state index is 11.7. The molecule has 0 saturated heterocycles. The van der Waals surface area contributed by atoms with Crippen LogP contribution < -0.4 is 9.44 Å². The minimum atomic E-state index is -3.52. The van der Waals surface area contributed by atoms with Crippen LogP contribution in [0.25, 0.3) is 0 Å². The quantitative estimate of drug-likeness (QED) is 0.833. The Morgan fingerprint density at radius 3 is 2.26 bits per heavy atom. The first kappa shape index (κ1) is 13.7. The second-order valence-electron chi connectivity index (χ2n) is 3.95. The van der Waals surface area contributed by atoms with Crippen LogP contribution >= 0.6 is 0 Å². The van der Waals surface area contributed by atoms with Crippen LogP contribution in [0.2, 0.25) is 0 Å². The Bertz CT molecular complexity index is 551. The molecular weight excluding hydrogens is 262 g/mol. The molecule has 6 heteroatoms. The maximum Gasteiger partial charge on any atom is 0.277 e. The van der Waals surface area contributed by atoms with Crippen LogP contribution in [-0.2, 0) is 23.3 Å². The Hall–Kier alpha value is -1.76. The van der Waals surface area contributed by atoms with E-state index in [9.17, 15) is 8.42 Å². The first-order valence-corrected chi connectivity index (χ1v) is 7.32. The van der Waals surface area contributed by atoms with Crippen molar-refractivity contribution in [1.29, 1.82) is 0 Å². The first-order chi connectivity index (χ1) is 9.16. The summed E-state index contributed by atoms with van der Waals surface area (Å²) < 4.78 is 28.4. The van der Waals surface area contributed by atoms with Crippen LogP contribution in [0.15, 0.2) is 54.7 Å². The number of hydrogen-bond donors (Lipinski definition) is 2. The van der Waals surface area contributed by atoms with E-state index in [-0.39, 0.29) is 13.1 Å². The van der Waals surface area contributed by atoms with Crippen molar-refractivity contribution in [3.05, 3.63) is 66.0 Å². The van der Waals surface area contributed by atoms with Gasteiger partial charge in [-0.15, -0.1) is 0 Å². The molecule has 2 N–H and O–H groups in total. The molecule has 0 aliphatic heterocycles. The number of nitrogens with one attached hydrogen (secondary N) is 2. The van der Waals surface area contributed by atoms with Crippen LogP contribution in [0.4, 0.5) is 0 Å². The fourth-order valence-electron chi connectivity index (χ4n) is 1.50. The van der Waals surface area contributed by atoms with Gasteiger partial charge in [-0.1, -0.05) is 36.4 Å². The van der Waals surface area contributed by atoms with Gasteiger partial charge in [-0.25, -0.2) is 0 Å². The third-order valence-corrected chi connectivity index (χ3v) is 3.53. The highest BCUT2D eigenvalue weighted by Gasteiger charge is 2.08. The summed E-state index contributed by atoms with van der Waals surface area (Å²) in [5.74, 6) is 0. The maximum absolute atomic E-state index is 11.7. The van der Waals surface area contributed by atoms with E-state index in [1.165, 1.54) is 0 Å². The summed E-state index contributed by atoms with van der Waals surface area (Å²) >= 11 is 0. The van der Waals surface area contributed by atoms with E-state index in [1.54, 1.807) is 18.3 Å². The second-order valence-corrected chi connectivity index (χ2v) is 5.54. The Balaban J connectivity index is 1.86. The molecule has 100 valence electrons. The fourth-order valence-corrected chi connectivity index (χ4v) is 2.29. The molecule has 5 nitrogen and oxygen atoms in total. The summed E-state index contributed by atoms with van der Waals surface area (Å²) in [4.78, 5) is 4.05. The number of nitrogens with zero attached hydrogens (tertiary/aromatic N) is 1. The second kappa shape index (κ2) is 6.42. The molecule has 0 unspecified atom stereocenters. The van der Waals surface area contributed by atoms with E-state index in [0.29, 0.717) is 5.69 Å². The third-order valence-electron chi connectivity index (χ3n) is 2.48. The van der Waals surface area contributed by atoms with Gasteiger partial charge >= 0.3 is 0 Å². The van der Waals surface area contributed by atoms with Gasteiger partial charge in [0.25, 0.3) is 10.2 Å². The van der Waals surface area contributed by atoms with E-state index in [1.807, 2.05) is 36.4 Å². The number of rotatable bonds is 6. The van der Waals surface area contributed by atoms with Crippen molar-refractivity contribution >= 4 is 10.2 Å². The summed E-state index contributed by atoms with van der Waals surface area (Å²) in [6, 6.07) is 14.7. The number of hydrogen-bond acceptors (Lipinski definition) is 3. The van der Waals surface area contributed by atoms with Crippen molar-refractivity contribution in [3.8, 4) is 0 Å². The van der Waals surface area contributed by atoms with Crippen LogP contribution in [0.5, 0.6) is 0 Å². The van der Waals surface area contributed by atoms with Crippen LogP contribution in [0, 0.1) is 0 Å². The molecule has 0 aliphatic carbocycles. The fraction of sp³-hybridized carbons (Fsp3) is 0.154. The molecule has 19 heavy (non-hydrogen) atoms. The van der Waals surface area contributed by atoms with Gasteiger partial charge in [0.1, 0.15) is 0 Å². The van der Waals surface area contributed by atoms with Crippen molar-refractivity contribution < 1.29 is 8.42 Å². The molecule has 0 amide bonds. The summed E-state index contributed by atoms with van der Waals surface area (Å²) in [7, 11) is -3.52. The highest BCUT2D eigenvalue weighted by Crippen LogP contribution is 1.98. The van der Waals surface area contributed by atoms with Gasteiger partial charge in [0.15, 0.2) is 0 Å². The van der Waals surface area contributed by atoms with Crippen LogP contribution in [0.3, 0.4) is 0 Å². The van der Waals surface area contributed by atoms with Gasteiger partial charge in [-0.2, -0.15) is 17.9 Å². The van der Waals surface area contributed by atoms with Gasteiger partial charge in [0.05, 0.1) is 12.2 Å². The molecule has 0 fully saturated rings. The van der Waals surface area contributed by atoms with Gasteiger partial charge in [0, 0.05) is 12.7 Å². The minimum Gasteiger partial charge on any atom is -0.260 e. The van der Waals surface area contributed by atoms with Crippen molar-refractivity contribution in [2.45, 2.75) is 13.1 Å². The lowest BCUT2D eigenvalue weighted by Gasteiger charge is -2.08. The summed E-state index contributed by atoms with van der Waals surface area (Å²) in [5, 5.41) is 0. The lowest BCUT2D eigenvalue weighted by atomic mass is 10.2. The zero-order chi connectivity index (χ0) is 13.6. The van der Waals surface area contributed by atoms with E-state index >= 15 is 0 Å². The van der Waals surface area contributed by atoms with Crippen LogP contribution in [-0.4, -0.2) is 13.4 Å². The standard InChI is InChI=1S/C13H15N3O2S/c17-19(18,15-10-12-6-2-1-3-7-12)16-11-13-8-4-5-9-14-13/h1-9,15-16H,10-11H2. The Labute approximate surface area is 112 Å². The van der Waals surface area contributed by atoms with Gasteiger partial charge in [-0.05, 0) is 17.7 Å². The lowest BCUT2D eigenvalue weighted by Crippen LogP contribution is -2.35. The zero-order valence-corrected chi connectivity index (χ0v) is 11.1. The summed E-state index contributed by atoms with van der Waals surface area (Å²) in [5.41, 5.74) is 1.58.